The van der Waals surface area contributed by atoms with E-state index in [1.807, 2.05) is 54.5 Å². The molecule has 120 valence electrons. The lowest BCUT2D eigenvalue weighted by Crippen LogP contribution is -3.09. The quantitative estimate of drug-likeness (QED) is 0.802. The van der Waals surface area contributed by atoms with Crippen molar-refractivity contribution in [2.45, 2.75) is 13.0 Å². The number of aromatic nitrogens is 2. The number of hydrogen-bond donors (Lipinski definition) is 2. The van der Waals surface area contributed by atoms with Crippen LogP contribution in [0.4, 0.5) is 4.79 Å². The van der Waals surface area contributed by atoms with Crippen LogP contribution in [-0.2, 0) is 11.3 Å². The lowest BCUT2D eigenvalue weighted by atomic mass is 10.3. The molecule has 1 aromatic carbocycles. The molecule has 2 aromatic rings. The van der Waals surface area contributed by atoms with E-state index in [1.165, 1.54) is 4.90 Å². The third kappa shape index (κ3) is 3.57. The lowest BCUT2D eigenvalue weighted by molar-refractivity contribution is -0.901. The zero-order chi connectivity index (χ0) is 16.2. The van der Waals surface area contributed by atoms with Gasteiger partial charge >= 0.3 is 6.03 Å². The molecule has 1 saturated heterocycles. The molecule has 1 aliphatic heterocycles. The molecule has 7 heteroatoms. The molecule has 0 radical (unpaired) electrons. The average Bonchev–Trinajstić information content (AvgIpc) is 3.00. The molecule has 1 unspecified atom stereocenters. The molecule has 0 spiro atoms. The highest BCUT2D eigenvalue weighted by molar-refractivity contribution is 5.96. The predicted molar refractivity (Wildman–Crippen MR) is 83.9 cm³/mol. The number of nitrogens with one attached hydrogen (secondary N) is 2. The maximum atomic E-state index is 11.8. The van der Waals surface area contributed by atoms with Gasteiger partial charge in [0.05, 0.1) is 18.9 Å². The van der Waals surface area contributed by atoms with Crippen molar-refractivity contribution in [3.8, 4) is 5.69 Å². The van der Waals surface area contributed by atoms with Crippen molar-refractivity contribution in [2.24, 2.45) is 0 Å². The van der Waals surface area contributed by atoms with Crippen LogP contribution in [0.15, 0.2) is 42.7 Å². The van der Waals surface area contributed by atoms with Crippen LogP contribution in [-0.4, -0.2) is 46.9 Å². The number of carbonyl (C=O) groups excluding carboxylic acids is 2. The Morgan fingerprint density at radius 1 is 1.26 bits per heavy atom. The van der Waals surface area contributed by atoms with Gasteiger partial charge < -0.3 is 10.2 Å². The fourth-order valence-electron chi connectivity index (χ4n) is 2.63. The Morgan fingerprint density at radius 3 is 2.78 bits per heavy atom. The Hall–Kier alpha value is -2.67. The number of para-hydroxylation sites is 1. The zero-order valence-corrected chi connectivity index (χ0v) is 13.0. The van der Waals surface area contributed by atoms with Gasteiger partial charge in [0.25, 0.3) is 0 Å². The summed E-state index contributed by atoms with van der Waals surface area (Å²) in [5.41, 5.74) is 2.05. The van der Waals surface area contributed by atoms with E-state index in [0.717, 1.165) is 16.2 Å². The standard InChI is InChI=1S/C16H19N5O2/c1-19(12-20-15(22)7-8-17-16(20)23)10-13-9-18-21(11-13)14-5-3-2-4-6-14/h2-6,9,11H,7-8,10,12H2,1H3,(H,17,23)/p+1. The van der Waals surface area contributed by atoms with Gasteiger partial charge in [0.15, 0.2) is 6.67 Å². The van der Waals surface area contributed by atoms with E-state index in [9.17, 15) is 9.59 Å². The van der Waals surface area contributed by atoms with E-state index < -0.39 is 0 Å². The molecule has 1 atom stereocenters. The predicted octanol–water partition coefficient (Wildman–Crippen LogP) is -0.214. The van der Waals surface area contributed by atoms with Crippen LogP contribution in [0.1, 0.15) is 12.0 Å². The smallest absolute Gasteiger partial charge is 0.328 e. The molecule has 3 amide bonds. The SMILES string of the molecule is C[NH+](Cc1cnn(-c2ccccc2)c1)CN1C(=O)CCNC1=O. The van der Waals surface area contributed by atoms with E-state index in [2.05, 4.69) is 10.4 Å². The topological polar surface area (TPSA) is 71.7 Å². The summed E-state index contributed by atoms with van der Waals surface area (Å²) in [5, 5.41) is 7.05. The fraction of sp³-hybridized carbons (Fsp3) is 0.312. The minimum Gasteiger partial charge on any atom is -0.337 e. The van der Waals surface area contributed by atoms with Gasteiger partial charge in [-0.05, 0) is 12.1 Å². The van der Waals surface area contributed by atoms with Gasteiger partial charge in [0.1, 0.15) is 6.54 Å². The molecule has 0 saturated carbocycles. The Kier molecular flexibility index (Phi) is 4.38. The van der Waals surface area contributed by atoms with Crippen molar-refractivity contribution in [1.29, 1.82) is 0 Å². The van der Waals surface area contributed by atoms with Gasteiger partial charge in [0, 0.05) is 24.7 Å². The fourth-order valence-corrected chi connectivity index (χ4v) is 2.63. The van der Waals surface area contributed by atoms with Crippen molar-refractivity contribution >= 4 is 11.9 Å². The normalized spacial score (nSPS) is 16.3. The second kappa shape index (κ2) is 6.62. The summed E-state index contributed by atoms with van der Waals surface area (Å²) in [6.45, 7) is 1.46. The summed E-state index contributed by atoms with van der Waals surface area (Å²) in [7, 11) is 1.95. The third-order valence-corrected chi connectivity index (χ3v) is 3.75. The molecule has 2 heterocycles. The van der Waals surface area contributed by atoms with Crippen LogP contribution < -0.4 is 10.2 Å². The highest BCUT2D eigenvalue weighted by Gasteiger charge is 2.28. The first-order valence-electron chi connectivity index (χ1n) is 7.62. The number of benzene rings is 1. The number of quaternary nitrogens is 1. The van der Waals surface area contributed by atoms with Crippen LogP contribution >= 0.6 is 0 Å². The monoisotopic (exact) mass is 314 g/mol. The molecule has 23 heavy (non-hydrogen) atoms. The Morgan fingerprint density at radius 2 is 2.04 bits per heavy atom. The van der Waals surface area contributed by atoms with Crippen LogP contribution in [0.2, 0.25) is 0 Å². The number of imide groups is 1. The molecule has 7 nitrogen and oxygen atoms in total. The highest BCUT2D eigenvalue weighted by Crippen LogP contribution is 2.07. The Labute approximate surface area is 134 Å². The average molecular weight is 314 g/mol. The van der Waals surface area contributed by atoms with Crippen molar-refractivity contribution in [3.05, 3.63) is 48.3 Å². The molecule has 0 aliphatic carbocycles. The molecule has 1 fully saturated rings. The van der Waals surface area contributed by atoms with E-state index in [0.29, 0.717) is 26.2 Å². The first-order valence-corrected chi connectivity index (χ1v) is 7.62. The van der Waals surface area contributed by atoms with Crippen LogP contribution in [0.5, 0.6) is 0 Å². The van der Waals surface area contributed by atoms with Crippen molar-refractivity contribution in [2.75, 3.05) is 20.3 Å². The molecule has 1 aliphatic rings. The molecule has 2 N–H and O–H groups in total. The first kappa shape index (κ1) is 15.2. The number of hydrogen-bond acceptors (Lipinski definition) is 3. The van der Waals surface area contributed by atoms with E-state index in [-0.39, 0.29) is 11.9 Å². The summed E-state index contributed by atoms with van der Waals surface area (Å²) < 4.78 is 1.82. The van der Waals surface area contributed by atoms with Gasteiger partial charge in [-0.3, -0.25) is 4.79 Å². The number of nitrogens with zero attached hydrogens (tertiary/aromatic N) is 3. The van der Waals surface area contributed by atoms with Crippen molar-refractivity contribution < 1.29 is 14.5 Å². The zero-order valence-electron chi connectivity index (χ0n) is 13.0. The summed E-state index contributed by atoms with van der Waals surface area (Å²) in [4.78, 5) is 25.9. The summed E-state index contributed by atoms with van der Waals surface area (Å²) in [5.74, 6) is -0.118. The third-order valence-electron chi connectivity index (χ3n) is 3.75. The summed E-state index contributed by atoms with van der Waals surface area (Å²) in [6.07, 6.45) is 4.15. The van der Waals surface area contributed by atoms with Gasteiger partial charge in [-0.1, -0.05) is 18.2 Å². The van der Waals surface area contributed by atoms with Gasteiger partial charge in [-0.2, -0.15) is 5.10 Å². The first-order chi connectivity index (χ1) is 11.1. The van der Waals surface area contributed by atoms with Crippen LogP contribution in [0.25, 0.3) is 5.69 Å². The molecule has 3 rings (SSSR count). The number of amides is 3. The van der Waals surface area contributed by atoms with Gasteiger partial charge in [-0.15, -0.1) is 0 Å². The van der Waals surface area contributed by atoms with Gasteiger partial charge in [-0.25, -0.2) is 14.4 Å². The minimum absolute atomic E-state index is 0.118. The van der Waals surface area contributed by atoms with Crippen molar-refractivity contribution in [3.63, 3.8) is 0 Å². The summed E-state index contributed by atoms with van der Waals surface area (Å²) in [6, 6.07) is 9.57. The maximum absolute atomic E-state index is 11.8. The highest BCUT2D eigenvalue weighted by atomic mass is 16.2. The number of urea groups is 1. The number of carbonyl (C=O) groups is 2. The molecular formula is C16H20N5O2+. The lowest BCUT2D eigenvalue weighted by Gasteiger charge is -2.27. The van der Waals surface area contributed by atoms with E-state index >= 15 is 0 Å². The van der Waals surface area contributed by atoms with Crippen LogP contribution in [0, 0.1) is 0 Å². The summed E-state index contributed by atoms with van der Waals surface area (Å²) >= 11 is 0. The molecule has 1 aromatic heterocycles. The molecule has 0 bridgehead atoms. The Bertz CT molecular complexity index is 682. The van der Waals surface area contributed by atoms with Crippen molar-refractivity contribution in [1.82, 2.24) is 20.0 Å². The second-order valence-electron chi connectivity index (χ2n) is 5.72. The largest absolute Gasteiger partial charge is 0.337 e. The second-order valence-corrected chi connectivity index (χ2v) is 5.72. The van der Waals surface area contributed by atoms with Gasteiger partial charge in [0.2, 0.25) is 5.91 Å². The van der Waals surface area contributed by atoms with E-state index in [1.54, 1.807) is 0 Å². The minimum atomic E-state index is -0.305. The number of rotatable bonds is 5. The van der Waals surface area contributed by atoms with E-state index in [4.69, 9.17) is 0 Å². The maximum Gasteiger partial charge on any atom is 0.328 e. The molecular weight excluding hydrogens is 294 g/mol. The van der Waals surface area contributed by atoms with Crippen LogP contribution in [0.3, 0.4) is 0 Å². The Balaban J connectivity index is 1.62.